The largest absolute Gasteiger partial charge is 0.508 e. The van der Waals surface area contributed by atoms with Crippen LogP contribution in [0.3, 0.4) is 0 Å². The van der Waals surface area contributed by atoms with Gasteiger partial charge in [-0.3, -0.25) is 9.59 Å². The van der Waals surface area contributed by atoms with Crippen LogP contribution in [0.15, 0.2) is 112 Å². The van der Waals surface area contributed by atoms with Crippen molar-refractivity contribution in [2.24, 2.45) is 0 Å². The zero-order chi connectivity index (χ0) is 26.8. The molecule has 0 amide bonds. The van der Waals surface area contributed by atoms with E-state index in [4.69, 9.17) is 0 Å². The fourth-order valence-corrected chi connectivity index (χ4v) is 6.01. The number of ketones is 2. The van der Waals surface area contributed by atoms with Gasteiger partial charge in [-0.05, 0) is 93.6 Å². The molecule has 4 rings (SSSR count). The lowest BCUT2D eigenvalue weighted by Crippen LogP contribution is -2.40. The van der Waals surface area contributed by atoms with Gasteiger partial charge in [-0.25, -0.2) is 8.42 Å². The number of benzene rings is 4. The molecule has 0 spiro atoms. The first-order valence-electron chi connectivity index (χ1n) is 11.6. The Morgan fingerprint density at radius 3 is 1.59 bits per heavy atom. The third-order valence-electron chi connectivity index (χ3n) is 6.15. The average Bonchev–Trinajstić information content (AvgIpc) is 2.89. The molecule has 0 aromatic heterocycles. The topological polar surface area (TPSA) is 88.5 Å². The predicted molar refractivity (Wildman–Crippen MR) is 145 cm³/mol. The Kier molecular flexibility index (Phi) is 7.39. The fraction of sp³-hybridized carbons (Fsp3) is 0.133. The van der Waals surface area contributed by atoms with Crippen molar-refractivity contribution in [3.8, 4) is 5.75 Å². The van der Waals surface area contributed by atoms with Crippen LogP contribution in [0.1, 0.15) is 45.7 Å². The monoisotopic (exact) mass is 530 g/mol. The van der Waals surface area contributed by atoms with Crippen molar-refractivity contribution < 1.29 is 23.1 Å². The maximum absolute atomic E-state index is 13.2. The molecule has 0 atom stereocenters. The van der Waals surface area contributed by atoms with Gasteiger partial charge in [0.15, 0.2) is 21.4 Å². The van der Waals surface area contributed by atoms with E-state index in [0.717, 1.165) is 15.4 Å². The zero-order valence-electron chi connectivity index (χ0n) is 20.6. The molecule has 0 aliphatic carbocycles. The molecule has 0 aliphatic rings. The van der Waals surface area contributed by atoms with Gasteiger partial charge in [0.2, 0.25) is 0 Å². The molecule has 0 fully saturated rings. The van der Waals surface area contributed by atoms with Crippen molar-refractivity contribution in [2.45, 2.75) is 40.2 Å². The molecule has 0 unspecified atom stereocenters. The van der Waals surface area contributed by atoms with Crippen molar-refractivity contribution in [3.05, 3.63) is 119 Å². The molecule has 4 aromatic carbocycles. The summed E-state index contributed by atoms with van der Waals surface area (Å²) >= 11 is 1.46. The molecule has 0 saturated carbocycles. The van der Waals surface area contributed by atoms with E-state index in [0.29, 0.717) is 16.7 Å². The van der Waals surface area contributed by atoms with Gasteiger partial charge in [0, 0.05) is 26.5 Å². The summed E-state index contributed by atoms with van der Waals surface area (Å²) in [4.78, 5) is 27.7. The lowest BCUT2D eigenvalue weighted by Gasteiger charge is -2.23. The number of rotatable bonds is 8. The number of hydrogen-bond acceptors (Lipinski definition) is 6. The van der Waals surface area contributed by atoms with Gasteiger partial charge < -0.3 is 5.11 Å². The second-order valence-corrected chi connectivity index (χ2v) is 12.8. The number of Topliss-reactive ketones (excluding diaryl/α,β-unsaturated/α-hetero) is 1. The first kappa shape index (κ1) is 26.4. The van der Waals surface area contributed by atoms with E-state index in [1.165, 1.54) is 49.9 Å². The normalized spacial score (nSPS) is 11.8. The summed E-state index contributed by atoms with van der Waals surface area (Å²) in [5, 5.41) is 9.40. The SMILES string of the molecule is Cc1ccc(S(=O)(=O)C(C)(C)C(=O)c2ccc(Sc3ccc(C(=O)c4ccc(O)cc4)cc3)cc2)cc1. The number of aromatic hydroxyl groups is 1. The van der Waals surface area contributed by atoms with E-state index in [-0.39, 0.29) is 16.4 Å². The van der Waals surface area contributed by atoms with Crippen LogP contribution in [-0.2, 0) is 9.84 Å². The number of sulfone groups is 1. The Balaban J connectivity index is 1.46. The summed E-state index contributed by atoms with van der Waals surface area (Å²) in [6.45, 7) is 4.75. The third kappa shape index (κ3) is 5.53. The van der Waals surface area contributed by atoms with E-state index in [2.05, 4.69) is 0 Å². The highest BCUT2D eigenvalue weighted by Crippen LogP contribution is 2.32. The highest BCUT2D eigenvalue weighted by atomic mass is 32.2. The minimum absolute atomic E-state index is 0.104. The van der Waals surface area contributed by atoms with Crippen LogP contribution in [0, 0.1) is 6.92 Å². The summed E-state index contributed by atoms with van der Waals surface area (Å²) in [5.74, 6) is -0.503. The van der Waals surface area contributed by atoms with Crippen molar-refractivity contribution in [2.75, 3.05) is 0 Å². The van der Waals surface area contributed by atoms with Crippen LogP contribution in [-0.4, -0.2) is 29.8 Å². The summed E-state index contributed by atoms with van der Waals surface area (Å²) in [7, 11) is -3.89. The molecule has 0 bridgehead atoms. The molecular weight excluding hydrogens is 504 g/mol. The van der Waals surface area contributed by atoms with Gasteiger partial charge >= 0.3 is 0 Å². The Morgan fingerprint density at radius 1 is 0.676 bits per heavy atom. The molecule has 0 aliphatic heterocycles. The molecule has 0 saturated heterocycles. The summed E-state index contributed by atoms with van der Waals surface area (Å²) < 4.78 is 24.8. The van der Waals surface area contributed by atoms with E-state index in [9.17, 15) is 23.1 Å². The van der Waals surface area contributed by atoms with Crippen molar-refractivity contribution >= 4 is 33.2 Å². The zero-order valence-corrected chi connectivity index (χ0v) is 22.3. The van der Waals surface area contributed by atoms with Gasteiger partial charge in [0.25, 0.3) is 0 Å². The minimum Gasteiger partial charge on any atom is -0.508 e. The van der Waals surface area contributed by atoms with Crippen LogP contribution in [0.4, 0.5) is 0 Å². The van der Waals surface area contributed by atoms with Crippen molar-refractivity contribution in [3.63, 3.8) is 0 Å². The third-order valence-corrected chi connectivity index (χ3v) is 9.59. The number of carbonyl (C=O) groups excluding carboxylic acids is 2. The quantitative estimate of drug-likeness (QED) is 0.261. The molecule has 0 radical (unpaired) electrons. The predicted octanol–water partition coefficient (Wildman–Crippen LogP) is 6.52. The number of hydrogen-bond donors (Lipinski definition) is 1. The smallest absolute Gasteiger partial charge is 0.193 e. The van der Waals surface area contributed by atoms with Crippen LogP contribution < -0.4 is 0 Å². The van der Waals surface area contributed by atoms with Crippen molar-refractivity contribution in [1.29, 1.82) is 0 Å². The van der Waals surface area contributed by atoms with Gasteiger partial charge in [0.1, 0.15) is 10.5 Å². The first-order valence-corrected chi connectivity index (χ1v) is 13.9. The average molecular weight is 531 g/mol. The Hall–Kier alpha value is -3.68. The fourth-order valence-electron chi connectivity index (χ4n) is 3.75. The molecule has 7 heteroatoms. The Bertz CT molecular complexity index is 1530. The van der Waals surface area contributed by atoms with E-state index >= 15 is 0 Å². The maximum atomic E-state index is 13.2. The minimum atomic E-state index is -3.89. The van der Waals surface area contributed by atoms with Crippen LogP contribution >= 0.6 is 11.8 Å². The van der Waals surface area contributed by atoms with Crippen molar-refractivity contribution in [1.82, 2.24) is 0 Å². The number of phenols is 1. The molecule has 0 heterocycles. The van der Waals surface area contributed by atoms with Crippen LogP contribution in [0.2, 0.25) is 0 Å². The highest BCUT2D eigenvalue weighted by molar-refractivity contribution is 7.99. The number of aryl methyl sites for hydroxylation is 1. The second-order valence-electron chi connectivity index (χ2n) is 9.18. The van der Waals surface area contributed by atoms with Crippen LogP contribution in [0.5, 0.6) is 5.75 Å². The molecule has 37 heavy (non-hydrogen) atoms. The standard InChI is InChI=1S/C30H26O5S2/c1-20-4-18-27(19-5-20)37(34,35)30(2,3)29(33)23-10-16-26(17-11-23)36-25-14-8-22(9-15-25)28(32)21-6-12-24(31)13-7-21/h4-19,31H,1-3H3. The van der Waals surface area contributed by atoms with E-state index in [1.807, 2.05) is 19.1 Å². The molecule has 1 N–H and O–H groups in total. The van der Waals surface area contributed by atoms with Crippen LogP contribution in [0.25, 0.3) is 0 Å². The van der Waals surface area contributed by atoms with Gasteiger partial charge in [-0.15, -0.1) is 0 Å². The number of carbonyl (C=O) groups is 2. The maximum Gasteiger partial charge on any atom is 0.193 e. The lowest BCUT2D eigenvalue weighted by molar-refractivity contribution is 0.0953. The van der Waals surface area contributed by atoms with E-state index < -0.39 is 20.4 Å². The molecular formula is C30H26O5S2. The van der Waals surface area contributed by atoms with Gasteiger partial charge in [-0.1, -0.05) is 41.6 Å². The van der Waals surface area contributed by atoms with Gasteiger partial charge in [-0.2, -0.15) is 0 Å². The summed E-state index contributed by atoms with van der Waals surface area (Å²) in [6.07, 6.45) is 0. The lowest BCUT2D eigenvalue weighted by atomic mass is 10.0. The molecule has 4 aromatic rings. The molecule has 188 valence electrons. The second kappa shape index (κ2) is 10.4. The molecule has 5 nitrogen and oxygen atoms in total. The number of phenolic OH excluding ortho intramolecular Hbond substituents is 1. The summed E-state index contributed by atoms with van der Waals surface area (Å²) in [5.41, 5.74) is 2.29. The highest BCUT2D eigenvalue weighted by Gasteiger charge is 2.43. The van der Waals surface area contributed by atoms with Gasteiger partial charge in [0.05, 0.1) is 4.90 Å². The Labute approximate surface area is 221 Å². The Morgan fingerprint density at radius 2 is 1.11 bits per heavy atom. The van der Waals surface area contributed by atoms with E-state index in [1.54, 1.807) is 60.7 Å². The summed E-state index contributed by atoms with van der Waals surface area (Å²) in [6, 6.07) is 26.6. The first-order chi connectivity index (χ1) is 17.5.